The molecule has 8 nitrogen and oxygen atoms in total. The lowest BCUT2D eigenvalue weighted by atomic mass is 10.1. The quantitative estimate of drug-likeness (QED) is 0.522. The van der Waals surface area contributed by atoms with E-state index in [0.717, 1.165) is 16.7 Å². The summed E-state index contributed by atoms with van der Waals surface area (Å²) in [6, 6.07) is 3.60. The molecule has 0 spiro atoms. The van der Waals surface area contributed by atoms with Crippen molar-refractivity contribution in [2.24, 2.45) is 5.73 Å². The summed E-state index contributed by atoms with van der Waals surface area (Å²) in [4.78, 5) is 36.3. The van der Waals surface area contributed by atoms with Gasteiger partial charge < -0.3 is 20.3 Å². The number of ether oxygens (including phenoxy) is 2. The van der Waals surface area contributed by atoms with Crippen LogP contribution in [0.1, 0.15) is 12.0 Å². The molecule has 3 N–H and O–H groups in total. The van der Waals surface area contributed by atoms with Gasteiger partial charge >= 0.3 is 5.97 Å². The molecule has 138 valence electrons. The molecular weight excluding hydrogens is 380 g/mol. The molecule has 1 aliphatic heterocycles. The van der Waals surface area contributed by atoms with Crippen molar-refractivity contribution in [3.63, 3.8) is 0 Å². The van der Waals surface area contributed by atoms with E-state index in [4.69, 9.17) is 27.4 Å². The molecule has 0 aliphatic carbocycles. The van der Waals surface area contributed by atoms with Crippen LogP contribution in [0.25, 0.3) is 6.08 Å². The standard InChI is InChI=1S/C16H16N2O6S2/c1-23-9-4-3-8(11(6-9)24-2)5-12-14(20)18(16(25)26-12)10(15(21)22)7-13(17)19/h3-6,10H,7H2,1-2H3,(H2,17,19)(H,21,22)/b12-5+/t10-/m1/s1. The first kappa shape index (κ1) is 19.7. The van der Waals surface area contributed by atoms with Gasteiger partial charge in [0.25, 0.3) is 5.91 Å². The summed E-state index contributed by atoms with van der Waals surface area (Å²) in [7, 11) is 3.00. The molecule has 26 heavy (non-hydrogen) atoms. The lowest BCUT2D eigenvalue weighted by Gasteiger charge is -2.21. The topological polar surface area (TPSA) is 119 Å². The number of thioether (sulfide) groups is 1. The largest absolute Gasteiger partial charge is 0.497 e. The number of rotatable bonds is 7. The average Bonchev–Trinajstić information content (AvgIpc) is 2.86. The van der Waals surface area contributed by atoms with Gasteiger partial charge in [-0.15, -0.1) is 0 Å². The third kappa shape index (κ3) is 4.14. The third-order valence-electron chi connectivity index (χ3n) is 3.54. The van der Waals surface area contributed by atoms with Gasteiger partial charge in [-0.25, -0.2) is 4.79 Å². The predicted molar refractivity (Wildman–Crippen MR) is 99.8 cm³/mol. The molecule has 0 bridgehead atoms. The van der Waals surface area contributed by atoms with Gasteiger partial charge in [0.2, 0.25) is 5.91 Å². The van der Waals surface area contributed by atoms with Crippen LogP contribution in [0.15, 0.2) is 23.1 Å². The van der Waals surface area contributed by atoms with Crippen molar-refractivity contribution in [1.82, 2.24) is 4.90 Å². The monoisotopic (exact) mass is 396 g/mol. The van der Waals surface area contributed by atoms with Gasteiger partial charge in [0.05, 0.1) is 25.5 Å². The van der Waals surface area contributed by atoms with Gasteiger partial charge in [0.15, 0.2) is 0 Å². The number of carbonyl (C=O) groups is 3. The van der Waals surface area contributed by atoms with Crippen LogP contribution in [-0.2, 0) is 14.4 Å². The Balaban J connectivity index is 2.37. The van der Waals surface area contributed by atoms with Crippen molar-refractivity contribution in [2.75, 3.05) is 14.2 Å². The van der Waals surface area contributed by atoms with Crippen LogP contribution in [0.5, 0.6) is 11.5 Å². The van der Waals surface area contributed by atoms with E-state index in [1.165, 1.54) is 14.2 Å². The van der Waals surface area contributed by atoms with E-state index in [1.54, 1.807) is 24.3 Å². The van der Waals surface area contributed by atoms with E-state index >= 15 is 0 Å². The number of amides is 2. The maximum Gasteiger partial charge on any atom is 0.327 e. The predicted octanol–water partition coefficient (Wildman–Crippen LogP) is 1.23. The molecule has 10 heteroatoms. The highest BCUT2D eigenvalue weighted by Crippen LogP contribution is 2.36. The molecule has 1 aromatic carbocycles. The molecular formula is C16H16N2O6S2. The van der Waals surface area contributed by atoms with Crippen molar-refractivity contribution >= 4 is 52.2 Å². The third-order valence-corrected chi connectivity index (χ3v) is 4.87. The highest BCUT2D eigenvalue weighted by molar-refractivity contribution is 8.26. The Labute approximate surface area is 158 Å². The minimum atomic E-state index is -1.44. The van der Waals surface area contributed by atoms with Crippen LogP contribution in [-0.4, -0.2) is 52.4 Å². The molecule has 1 saturated heterocycles. The van der Waals surface area contributed by atoms with Crippen LogP contribution in [0.4, 0.5) is 0 Å². The molecule has 1 heterocycles. The first-order chi connectivity index (χ1) is 12.3. The number of primary amides is 1. The lowest BCUT2D eigenvalue weighted by Crippen LogP contribution is -2.46. The highest BCUT2D eigenvalue weighted by atomic mass is 32.2. The minimum absolute atomic E-state index is 0.0439. The first-order valence-corrected chi connectivity index (χ1v) is 8.51. The van der Waals surface area contributed by atoms with Crippen LogP contribution in [0.3, 0.4) is 0 Å². The summed E-state index contributed by atoms with van der Waals surface area (Å²) in [6.07, 6.45) is 1.02. The zero-order chi connectivity index (χ0) is 19.4. The molecule has 0 aromatic heterocycles. The number of carbonyl (C=O) groups excluding carboxylic acids is 2. The summed E-state index contributed by atoms with van der Waals surface area (Å²) < 4.78 is 10.4. The van der Waals surface area contributed by atoms with E-state index in [2.05, 4.69) is 0 Å². The maximum absolute atomic E-state index is 12.6. The molecule has 0 unspecified atom stereocenters. The molecule has 1 aliphatic rings. The number of aliphatic carboxylic acids is 1. The summed E-state index contributed by atoms with van der Waals surface area (Å²) in [5, 5.41) is 9.31. The number of thiocarbonyl (C=S) groups is 1. The minimum Gasteiger partial charge on any atom is -0.497 e. The molecule has 1 fully saturated rings. The Morgan fingerprint density at radius 1 is 1.38 bits per heavy atom. The number of hydrogen-bond donors (Lipinski definition) is 2. The van der Waals surface area contributed by atoms with Gasteiger partial charge in [-0.2, -0.15) is 0 Å². The zero-order valence-electron chi connectivity index (χ0n) is 13.9. The number of hydrogen-bond acceptors (Lipinski definition) is 7. The number of nitrogens with zero attached hydrogens (tertiary/aromatic N) is 1. The van der Waals surface area contributed by atoms with Gasteiger partial charge in [0, 0.05) is 11.6 Å². The first-order valence-electron chi connectivity index (χ1n) is 7.28. The van der Waals surface area contributed by atoms with E-state index in [9.17, 15) is 19.5 Å². The molecule has 1 aromatic rings. The lowest BCUT2D eigenvalue weighted by molar-refractivity contribution is -0.146. The number of benzene rings is 1. The fourth-order valence-electron chi connectivity index (χ4n) is 2.31. The second kappa shape index (κ2) is 8.19. The molecule has 2 rings (SSSR count). The Bertz CT molecular complexity index is 808. The summed E-state index contributed by atoms with van der Waals surface area (Å²) >= 11 is 6.07. The van der Waals surface area contributed by atoms with Crippen LogP contribution in [0.2, 0.25) is 0 Å². The number of carboxylic acid groups (broad SMARTS) is 1. The molecule has 0 radical (unpaired) electrons. The SMILES string of the molecule is COc1ccc(/C=C2/SC(=S)N([C@H](CC(N)=O)C(=O)O)C2=O)c(OC)c1. The van der Waals surface area contributed by atoms with Gasteiger partial charge in [-0.05, 0) is 18.2 Å². The highest BCUT2D eigenvalue weighted by Gasteiger charge is 2.41. The van der Waals surface area contributed by atoms with Crippen molar-refractivity contribution in [2.45, 2.75) is 12.5 Å². The zero-order valence-corrected chi connectivity index (χ0v) is 15.6. The molecule has 0 saturated carbocycles. The Morgan fingerprint density at radius 3 is 2.62 bits per heavy atom. The van der Waals surface area contributed by atoms with Crippen molar-refractivity contribution < 1.29 is 29.0 Å². The van der Waals surface area contributed by atoms with Gasteiger partial charge in [0.1, 0.15) is 21.9 Å². The van der Waals surface area contributed by atoms with Gasteiger partial charge in [-0.3, -0.25) is 14.5 Å². The van der Waals surface area contributed by atoms with Crippen molar-refractivity contribution in [3.05, 3.63) is 28.7 Å². The summed E-state index contributed by atoms with van der Waals surface area (Å²) in [5.41, 5.74) is 5.67. The van der Waals surface area contributed by atoms with Crippen molar-refractivity contribution in [1.29, 1.82) is 0 Å². The van der Waals surface area contributed by atoms with E-state index in [0.29, 0.717) is 17.1 Å². The fraction of sp³-hybridized carbons (Fsp3) is 0.250. The molecule has 2 amide bonds. The maximum atomic E-state index is 12.6. The Hall–Kier alpha value is -2.59. The van der Waals surface area contributed by atoms with E-state index in [-0.39, 0.29) is 9.23 Å². The van der Waals surface area contributed by atoms with Crippen LogP contribution >= 0.6 is 24.0 Å². The number of methoxy groups -OCH3 is 2. The smallest absolute Gasteiger partial charge is 0.327 e. The van der Waals surface area contributed by atoms with E-state index in [1.807, 2.05) is 0 Å². The second-order valence-corrected chi connectivity index (χ2v) is 6.86. The summed E-state index contributed by atoms with van der Waals surface area (Å²) in [6.45, 7) is 0. The van der Waals surface area contributed by atoms with Crippen molar-refractivity contribution in [3.8, 4) is 11.5 Å². The summed E-state index contributed by atoms with van der Waals surface area (Å²) in [5.74, 6) is -1.75. The van der Waals surface area contributed by atoms with E-state index < -0.39 is 30.2 Å². The number of nitrogens with two attached hydrogens (primary N) is 1. The van der Waals surface area contributed by atoms with Crippen LogP contribution < -0.4 is 15.2 Å². The molecule has 1 atom stereocenters. The van der Waals surface area contributed by atoms with Crippen LogP contribution in [0, 0.1) is 0 Å². The second-order valence-electron chi connectivity index (χ2n) is 5.18. The fourth-order valence-corrected chi connectivity index (χ4v) is 3.65. The normalized spacial score (nSPS) is 16.7. The Kier molecular flexibility index (Phi) is 6.22. The Morgan fingerprint density at radius 2 is 2.08 bits per heavy atom. The average molecular weight is 396 g/mol. The van der Waals surface area contributed by atoms with Gasteiger partial charge in [-0.1, -0.05) is 24.0 Å². The number of carboxylic acids is 1.